The van der Waals surface area contributed by atoms with Crippen LogP contribution in [0.4, 0.5) is 0 Å². The third-order valence-electron chi connectivity index (χ3n) is 9.93. The monoisotopic (exact) mass is 386 g/mol. The molecule has 4 nitrogen and oxygen atoms in total. The lowest BCUT2D eigenvalue weighted by Crippen LogP contribution is -2.65. The summed E-state index contributed by atoms with van der Waals surface area (Å²) in [4.78, 5) is 38.8. The first-order valence-electron chi connectivity index (χ1n) is 11.3. The summed E-state index contributed by atoms with van der Waals surface area (Å²) in [6, 6.07) is 0. The van der Waals surface area contributed by atoms with E-state index in [0.717, 1.165) is 32.1 Å². The van der Waals surface area contributed by atoms with E-state index in [4.69, 9.17) is 0 Å². The smallest absolute Gasteiger partial charge is 0.165 e. The Kier molecular flexibility index (Phi) is 3.77. The van der Waals surface area contributed by atoms with E-state index in [1.54, 1.807) is 0 Å². The lowest BCUT2D eigenvalue weighted by atomic mass is 9.41. The molecule has 5 rings (SSSR count). The SMILES string of the molecule is CC1(C)CC(=O)[C@@]2(O)CC[C@H]3[C@@H]4CCC5CC(=O)CC[C@]5(C)[C@H]4C(=O)C[C@@]32C1. The number of hydrogen-bond donors (Lipinski definition) is 1. The highest BCUT2D eigenvalue weighted by Crippen LogP contribution is 2.71. The molecule has 28 heavy (non-hydrogen) atoms. The van der Waals surface area contributed by atoms with Crippen LogP contribution in [0.1, 0.15) is 85.0 Å². The van der Waals surface area contributed by atoms with Gasteiger partial charge in [0.2, 0.25) is 0 Å². The number of hydrogen-bond acceptors (Lipinski definition) is 4. The second-order valence-corrected chi connectivity index (χ2v) is 11.9. The van der Waals surface area contributed by atoms with Crippen LogP contribution in [0.25, 0.3) is 0 Å². The van der Waals surface area contributed by atoms with Gasteiger partial charge in [-0.2, -0.15) is 0 Å². The van der Waals surface area contributed by atoms with Gasteiger partial charge in [-0.3, -0.25) is 14.4 Å². The minimum atomic E-state index is -1.30. The Morgan fingerprint density at radius 1 is 0.964 bits per heavy atom. The highest BCUT2D eigenvalue weighted by Gasteiger charge is 2.73. The van der Waals surface area contributed by atoms with Crippen LogP contribution < -0.4 is 0 Å². The maximum atomic E-state index is 13.7. The molecule has 0 saturated heterocycles. The fourth-order valence-electron chi connectivity index (χ4n) is 8.93. The van der Waals surface area contributed by atoms with E-state index in [-0.39, 0.29) is 40.2 Å². The van der Waals surface area contributed by atoms with Crippen LogP contribution in [-0.2, 0) is 14.4 Å². The topological polar surface area (TPSA) is 71.4 Å². The Bertz CT molecular complexity index is 769. The molecule has 0 aromatic rings. The Morgan fingerprint density at radius 3 is 2.46 bits per heavy atom. The van der Waals surface area contributed by atoms with Gasteiger partial charge >= 0.3 is 0 Å². The van der Waals surface area contributed by atoms with Crippen LogP contribution in [0.15, 0.2) is 0 Å². The van der Waals surface area contributed by atoms with Gasteiger partial charge < -0.3 is 5.11 Å². The second-order valence-electron chi connectivity index (χ2n) is 11.9. The fraction of sp³-hybridized carbons (Fsp3) is 0.875. The molecule has 7 atom stereocenters. The number of carbonyl (C=O) groups is 3. The van der Waals surface area contributed by atoms with Crippen LogP contribution in [0.2, 0.25) is 0 Å². The van der Waals surface area contributed by atoms with Gasteiger partial charge in [0.15, 0.2) is 5.78 Å². The first-order chi connectivity index (χ1) is 13.0. The van der Waals surface area contributed by atoms with E-state index in [1.807, 2.05) is 0 Å². The summed E-state index contributed by atoms with van der Waals surface area (Å²) in [5.41, 5.74) is -2.09. The summed E-state index contributed by atoms with van der Waals surface area (Å²) in [5, 5.41) is 11.6. The molecular formula is C24H34O4. The Hall–Kier alpha value is -1.03. The largest absolute Gasteiger partial charge is 0.381 e. The number of carbonyl (C=O) groups excluding carboxylic acids is 3. The summed E-state index contributed by atoms with van der Waals surface area (Å²) < 4.78 is 0. The van der Waals surface area contributed by atoms with Gasteiger partial charge in [0.1, 0.15) is 17.2 Å². The van der Waals surface area contributed by atoms with E-state index in [0.29, 0.717) is 43.8 Å². The van der Waals surface area contributed by atoms with Gasteiger partial charge in [-0.1, -0.05) is 20.8 Å². The third-order valence-corrected chi connectivity index (χ3v) is 9.93. The van der Waals surface area contributed by atoms with Crippen molar-refractivity contribution in [3.05, 3.63) is 0 Å². The normalized spacial score (nSPS) is 52.5. The zero-order chi connectivity index (χ0) is 20.1. The van der Waals surface area contributed by atoms with Gasteiger partial charge in [-0.05, 0) is 67.1 Å². The van der Waals surface area contributed by atoms with Crippen molar-refractivity contribution >= 4 is 17.3 Å². The van der Waals surface area contributed by atoms with Gasteiger partial charge in [-0.25, -0.2) is 0 Å². The van der Waals surface area contributed by atoms with E-state index >= 15 is 0 Å². The average molecular weight is 387 g/mol. The van der Waals surface area contributed by atoms with Gasteiger partial charge in [0, 0.05) is 37.0 Å². The maximum Gasteiger partial charge on any atom is 0.165 e. The molecule has 154 valence electrons. The number of ketones is 3. The molecule has 1 N–H and O–H groups in total. The number of rotatable bonds is 0. The molecule has 0 radical (unpaired) electrons. The number of Topliss-reactive ketones (excluding diaryl/α,β-unsaturated/α-hetero) is 3. The van der Waals surface area contributed by atoms with Crippen molar-refractivity contribution < 1.29 is 19.5 Å². The molecule has 5 fully saturated rings. The number of fused-ring (bicyclic) bond motifs is 4. The molecule has 0 aromatic carbocycles. The molecule has 5 aliphatic rings. The number of aliphatic hydroxyl groups is 1. The standard InChI is InChI=1S/C24H34O4/c1-21(2)12-19(27)24(28)9-7-17-16-5-4-14-10-15(25)6-8-22(14,3)20(16)18(26)11-23(17,24)13-21/h14,16-17,20,28H,4-13H2,1-3H3/t14?,16-,17-,20+,22-,23+,24-/m0/s1. The molecule has 0 amide bonds. The van der Waals surface area contributed by atoms with Crippen molar-refractivity contribution in [3.8, 4) is 0 Å². The molecule has 0 aromatic heterocycles. The minimum absolute atomic E-state index is 0.0115. The van der Waals surface area contributed by atoms with Crippen LogP contribution in [0, 0.1) is 39.9 Å². The summed E-state index contributed by atoms with van der Waals surface area (Å²) in [5.74, 6) is 1.48. The van der Waals surface area contributed by atoms with Crippen LogP contribution >= 0.6 is 0 Å². The summed E-state index contributed by atoms with van der Waals surface area (Å²) in [6.45, 7) is 6.50. The van der Waals surface area contributed by atoms with E-state index < -0.39 is 11.0 Å². The van der Waals surface area contributed by atoms with Crippen LogP contribution in [0.3, 0.4) is 0 Å². The predicted molar refractivity (Wildman–Crippen MR) is 104 cm³/mol. The van der Waals surface area contributed by atoms with E-state index in [2.05, 4.69) is 20.8 Å². The highest BCUT2D eigenvalue weighted by molar-refractivity contribution is 5.93. The van der Waals surface area contributed by atoms with Crippen molar-refractivity contribution in [1.29, 1.82) is 0 Å². The molecule has 5 saturated carbocycles. The lowest BCUT2D eigenvalue weighted by molar-refractivity contribution is -0.195. The van der Waals surface area contributed by atoms with Crippen molar-refractivity contribution in [2.75, 3.05) is 0 Å². The minimum Gasteiger partial charge on any atom is -0.381 e. The first kappa shape index (κ1) is 19.0. The predicted octanol–water partition coefficient (Wildman–Crippen LogP) is 3.88. The molecule has 0 aliphatic heterocycles. The van der Waals surface area contributed by atoms with Crippen molar-refractivity contribution in [2.45, 2.75) is 90.6 Å². The molecular weight excluding hydrogens is 352 g/mol. The molecule has 0 heterocycles. The van der Waals surface area contributed by atoms with Crippen molar-refractivity contribution in [3.63, 3.8) is 0 Å². The summed E-state index contributed by atoms with van der Waals surface area (Å²) in [6.07, 6.45) is 7.02. The average Bonchev–Trinajstić information content (AvgIpc) is 2.88. The first-order valence-corrected chi connectivity index (χ1v) is 11.3. The van der Waals surface area contributed by atoms with Gasteiger partial charge in [-0.15, -0.1) is 0 Å². The highest BCUT2D eigenvalue weighted by atomic mass is 16.3. The molecule has 1 unspecified atom stereocenters. The van der Waals surface area contributed by atoms with E-state index in [9.17, 15) is 19.5 Å². The maximum absolute atomic E-state index is 13.7. The van der Waals surface area contributed by atoms with Crippen molar-refractivity contribution in [2.24, 2.45) is 39.9 Å². The van der Waals surface area contributed by atoms with E-state index in [1.165, 1.54) is 0 Å². The van der Waals surface area contributed by atoms with Crippen molar-refractivity contribution in [1.82, 2.24) is 0 Å². The fourth-order valence-corrected chi connectivity index (χ4v) is 8.93. The molecule has 1 spiro atoms. The third kappa shape index (κ3) is 2.19. The zero-order valence-corrected chi connectivity index (χ0v) is 17.6. The Labute approximate surface area is 167 Å². The molecule has 4 heteroatoms. The van der Waals surface area contributed by atoms with Gasteiger partial charge in [0.25, 0.3) is 0 Å². The van der Waals surface area contributed by atoms with Crippen LogP contribution in [-0.4, -0.2) is 28.1 Å². The van der Waals surface area contributed by atoms with Crippen LogP contribution in [0.5, 0.6) is 0 Å². The molecule has 5 aliphatic carbocycles. The molecule has 0 bridgehead atoms. The zero-order valence-electron chi connectivity index (χ0n) is 17.6. The summed E-state index contributed by atoms with van der Waals surface area (Å²) >= 11 is 0. The Balaban J connectivity index is 1.57. The van der Waals surface area contributed by atoms with Gasteiger partial charge in [0.05, 0.1) is 0 Å². The quantitative estimate of drug-likeness (QED) is 0.686. The second kappa shape index (κ2) is 5.56. The lowest BCUT2D eigenvalue weighted by Gasteiger charge is -2.62. The summed E-state index contributed by atoms with van der Waals surface area (Å²) in [7, 11) is 0. The Morgan fingerprint density at radius 2 is 1.71 bits per heavy atom.